The Morgan fingerprint density at radius 3 is 1.33 bits per heavy atom. The summed E-state index contributed by atoms with van der Waals surface area (Å²) < 4.78 is 94.0. The van der Waals surface area contributed by atoms with Crippen molar-refractivity contribution in [1.82, 2.24) is 5.32 Å². The lowest BCUT2D eigenvalue weighted by atomic mass is 9.94. The van der Waals surface area contributed by atoms with Gasteiger partial charge in [-0.15, -0.1) is 6.42 Å². The first kappa shape index (κ1) is 70.6. The Kier molecular flexibility index (Phi) is 24.1. The van der Waals surface area contributed by atoms with Gasteiger partial charge in [0.2, 0.25) is 5.91 Å². The Morgan fingerprint density at radius 1 is 0.481 bits per heavy atom. The maximum atomic E-state index is 13.6. The predicted octanol–water partition coefficient (Wildman–Crippen LogP) is 8.66. The Morgan fingerprint density at radius 2 is 0.886 bits per heavy atom. The minimum atomic E-state index is -2.83. The molecule has 0 aromatic rings. The lowest BCUT2D eigenvalue weighted by Crippen LogP contribution is -2.71. The van der Waals surface area contributed by atoms with Crippen LogP contribution in [0.5, 0.6) is 0 Å². The molecule has 3 fully saturated rings. The third kappa shape index (κ3) is 18.7. The molecule has 1 amide bonds. The quantitative estimate of drug-likeness (QED) is 0.0491. The van der Waals surface area contributed by atoms with Crippen LogP contribution < -0.4 is 5.32 Å². The number of terminal acetylenes is 1. The number of carbonyl (C=O) groups is 5. The van der Waals surface area contributed by atoms with E-state index in [0.29, 0.717) is 0 Å². The molecule has 1 N–H and O–H groups in total. The van der Waals surface area contributed by atoms with Gasteiger partial charge in [0.05, 0.1) is 18.8 Å². The van der Waals surface area contributed by atoms with Crippen molar-refractivity contribution in [2.45, 2.75) is 289 Å². The van der Waals surface area contributed by atoms with E-state index in [2.05, 4.69) is 147 Å². The van der Waals surface area contributed by atoms with E-state index < -0.39 is 162 Å². The first-order valence-electron chi connectivity index (χ1n) is 27.6. The Hall–Kier alpha value is -2.62. The van der Waals surface area contributed by atoms with Crippen molar-refractivity contribution in [2.24, 2.45) is 0 Å². The maximum absolute atomic E-state index is 13.6. The average Bonchev–Trinajstić information content (AvgIpc) is 3.25. The summed E-state index contributed by atoms with van der Waals surface area (Å²) >= 11 is 0. The zero-order chi connectivity index (χ0) is 61.0. The number of esters is 4. The van der Waals surface area contributed by atoms with E-state index in [-0.39, 0.29) is 33.4 Å². The SMILES string of the molecule is C#CCO[C@@H]1O[C@H](CO[Si](C)(C)C(C)(C)C)[C@@H](O[C@@H]2O[C@H](COC(C)=O)[C@H](OC(C)=O)[C@H](OC(C)=O)[C@H]2OC(C)=O)[C@H](O[C@@H]2O[C@@H](C)[C@@H](O[Si](C)(C)C(C)(C)C)[C@@H](O[Si](C)(C)C(C)(C)C)[C@@H]2O[Si](C)(C)C(C)(C)C)[C@H]1NC(C)=O. The van der Waals surface area contributed by atoms with Crippen LogP contribution in [-0.2, 0) is 89.0 Å². The highest BCUT2D eigenvalue weighted by atomic mass is 28.4. The molecule has 0 saturated carbocycles. The molecule has 0 radical (unpaired) electrons. The van der Waals surface area contributed by atoms with Gasteiger partial charge in [-0.1, -0.05) is 89.0 Å². The fraction of sp³-hybridized carbons (Fsp3) is 0.873. The summed E-state index contributed by atoms with van der Waals surface area (Å²) in [5.41, 5.74) is 0. The molecular formula is C55H101NO19Si4. The smallest absolute Gasteiger partial charge is 0.303 e. The van der Waals surface area contributed by atoms with Crippen LogP contribution in [0.4, 0.5) is 0 Å². The molecule has 79 heavy (non-hydrogen) atoms. The highest BCUT2D eigenvalue weighted by Gasteiger charge is 2.61. The van der Waals surface area contributed by atoms with Crippen molar-refractivity contribution >= 4 is 63.1 Å². The Labute approximate surface area is 476 Å². The number of hydrogen-bond acceptors (Lipinski definition) is 19. The van der Waals surface area contributed by atoms with Gasteiger partial charge in [-0.2, -0.15) is 0 Å². The Balaban J connectivity index is 2.58. The fourth-order valence-electron chi connectivity index (χ4n) is 8.19. The van der Waals surface area contributed by atoms with E-state index >= 15 is 0 Å². The van der Waals surface area contributed by atoms with Crippen LogP contribution in [0, 0.1) is 12.3 Å². The lowest BCUT2D eigenvalue weighted by molar-refractivity contribution is -0.371. The number of nitrogens with one attached hydrogen (secondary N) is 1. The standard InChI is InChI=1S/C55H101NO19Si4/c1-28-29-62-49-40(56-33(3)57)44(72-51-48(75-79(26,27)55(17,18)19)46(74-78(24,25)54(14,15)16)41(32(2)65-51)73-77(22,23)53(11,12)13)42(39(69-49)31-64-76(20,21)52(8,9)10)71-50-47(68-37(7)61)45(67-36(6)60)43(66-35(5)59)38(70-50)30-63-34(4)58/h1,32,38-51H,29-31H2,2-27H3,(H,56,57)/t32-,38+,39+,40+,41+,42+,43-,44+,45-,46+,47+,48-,49+,50-,51-/m0/s1. The minimum absolute atomic E-state index is 0.152. The van der Waals surface area contributed by atoms with Crippen LogP contribution in [0.3, 0.4) is 0 Å². The number of rotatable bonds is 21. The molecular weight excluding hydrogens is 1090 g/mol. The molecule has 3 saturated heterocycles. The van der Waals surface area contributed by atoms with Gasteiger partial charge in [-0.3, -0.25) is 24.0 Å². The molecule has 0 aromatic carbocycles. The van der Waals surface area contributed by atoms with E-state index in [1.165, 1.54) is 13.8 Å². The summed E-state index contributed by atoms with van der Waals surface area (Å²) in [6.45, 7) is 49.7. The van der Waals surface area contributed by atoms with E-state index in [1.807, 2.05) is 6.92 Å². The average molecular weight is 1190 g/mol. The first-order valence-corrected chi connectivity index (χ1v) is 39.2. The summed E-state index contributed by atoms with van der Waals surface area (Å²) in [5, 5.41) is 1.89. The number of carbonyl (C=O) groups excluding carboxylic acids is 5. The minimum Gasteiger partial charge on any atom is -0.463 e. The van der Waals surface area contributed by atoms with Gasteiger partial charge in [-0.05, 0) is 79.5 Å². The third-order valence-corrected chi connectivity index (χ3v) is 34.7. The number of amides is 1. The van der Waals surface area contributed by atoms with Crippen molar-refractivity contribution in [2.75, 3.05) is 19.8 Å². The maximum Gasteiger partial charge on any atom is 0.303 e. The molecule has 3 aliphatic rings. The fourth-order valence-corrected chi connectivity index (χ4v) is 13.1. The zero-order valence-electron chi connectivity index (χ0n) is 52.6. The molecule has 20 nitrogen and oxygen atoms in total. The van der Waals surface area contributed by atoms with Crippen molar-refractivity contribution in [3.8, 4) is 12.3 Å². The van der Waals surface area contributed by atoms with Gasteiger partial charge in [0.1, 0.15) is 55.9 Å². The highest BCUT2D eigenvalue weighted by molar-refractivity contribution is 6.75. The van der Waals surface area contributed by atoms with Crippen molar-refractivity contribution in [3.05, 3.63) is 0 Å². The van der Waals surface area contributed by atoms with Crippen LogP contribution in [-0.4, -0.2) is 175 Å². The van der Waals surface area contributed by atoms with Gasteiger partial charge in [0.15, 0.2) is 70.5 Å². The summed E-state index contributed by atoms with van der Waals surface area (Å²) in [6, 6.07) is -1.25. The van der Waals surface area contributed by atoms with Crippen molar-refractivity contribution in [3.63, 3.8) is 0 Å². The molecule has 0 bridgehead atoms. The number of ether oxygens (including phenoxy) is 10. The van der Waals surface area contributed by atoms with E-state index in [0.717, 1.165) is 20.8 Å². The second-order valence-corrected chi connectivity index (χ2v) is 46.4. The van der Waals surface area contributed by atoms with Crippen LogP contribution in [0.1, 0.15) is 125 Å². The normalized spacial score (nSPS) is 30.6. The van der Waals surface area contributed by atoms with Gasteiger partial charge in [0, 0.05) is 34.6 Å². The second-order valence-electron chi connectivity index (χ2n) is 27.4. The van der Waals surface area contributed by atoms with Gasteiger partial charge in [0.25, 0.3) is 0 Å². The third-order valence-electron chi connectivity index (χ3n) is 16.7. The monoisotopic (exact) mass is 1190 g/mol. The zero-order valence-corrected chi connectivity index (χ0v) is 56.6. The van der Waals surface area contributed by atoms with Crippen LogP contribution in [0.25, 0.3) is 0 Å². The molecule has 0 aliphatic carbocycles. The molecule has 3 heterocycles. The largest absolute Gasteiger partial charge is 0.463 e. The predicted molar refractivity (Wildman–Crippen MR) is 306 cm³/mol. The van der Waals surface area contributed by atoms with Crippen molar-refractivity contribution in [1.29, 1.82) is 0 Å². The molecule has 456 valence electrons. The molecule has 0 spiro atoms. The van der Waals surface area contributed by atoms with Crippen molar-refractivity contribution < 1.29 is 89.0 Å². The molecule has 0 aromatic heterocycles. The summed E-state index contributed by atoms with van der Waals surface area (Å²) in [5.74, 6) is -1.19. The van der Waals surface area contributed by atoms with Gasteiger partial charge >= 0.3 is 23.9 Å². The van der Waals surface area contributed by atoms with E-state index in [9.17, 15) is 24.0 Å². The Bertz CT molecular complexity index is 2120. The van der Waals surface area contributed by atoms with E-state index in [4.69, 9.17) is 71.5 Å². The summed E-state index contributed by atoms with van der Waals surface area (Å²) in [4.78, 5) is 65.0. The molecule has 15 atom stereocenters. The van der Waals surface area contributed by atoms with Gasteiger partial charge < -0.3 is 70.4 Å². The van der Waals surface area contributed by atoms with Crippen LogP contribution in [0.15, 0.2) is 0 Å². The molecule has 0 unspecified atom stereocenters. The second kappa shape index (κ2) is 27.0. The summed E-state index contributed by atoms with van der Waals surface area (Å²) in [6.07, 6.45) is -11.7. The molecule has 3 aliphatic heterocycles. The van der Waals surface area contributed by atoms with Crippen LogP contribution >= 0.6 is 0 Å². The lowest BCUT2D eigenvalue weighted by Gasteiger charge is -2.55. The molecule has 3 rings (SSSR count). The highest BCUT2D eigenvalue weighted by Crippen LogP contribution is 2.47. The van der Waals surface area contributed by atoms with Gasteiger partial charge in [-0.25, -0.2) is 0 Å². The number of hydrogen-bond donors (Lipinski definition) is 1. The van der Waals surface area contributed by atoms with E-state index in [1.54, 1.807) is 0 Å². The summed E-state index contributed by atoms with van der Waals surface area (Å²) in [7, 11) is -10.8. The topological polar surface area (TPSA) is 227 Å². The molecule has 24 heteroatoms. The first-order chi connectivity index (χ1) is 35.7. The van der Waals surface area contributed by atoms with Crippen LogP contribution in [0.2, 0.25) is 72.5 Å².